The summed E-state index contributed by atoms with van der Waals surface area (Å²) >= 11 is 0. The molecule has 0 saturated carbocycles. The molecule has 0 bridgehead atoms. The van der Waals surface area contributed by atoms with Crippen LogP contribution in [0, 0.1) is 4.91 Å². The molecule has 0 saturated heterocycles. The molecule has 192 valence electrons. The van der Waals surface area contributed by atoms with Gasteiger partial charge in [-0.2, -0.15) is 0 Å². The number of hydrogen-bond donors (Lipinski definition) is 1. The number of ether oxygens (including phenoxy) is 5. The van der Waals surface area contributed by atoms with Crippen LogP contribution >= 0.6 is 0 Å². The summed E-state index contributed by atoms with van der Waals surface area (Å²) in [4.78, 5) is 62.1. The van der Waals surface area contributed by atoms with Crippen LogP contribution < -0.4 is 19.9 Å². The fourth-order valence-corrected chi connectivity index (χ4v) is 2.65. The van der Waals surface area contributed by atoms with Crippen LogP contribution in [-0.2, 0) is 23.9 Å². The van der Waals surface area contributed by atoms with E-state index in [1.807, 2.05) is 0 Å². The van der Waals surface area contributed by atoms with Gasteiger partial charge < -0.3 is 34.3 Å². The van der Waals surface area contributed by atoms with Crippen molar-refractivity contribution in [3.05, 3.63) is 58.5 Å². The monoisotopic (exact) mass is 504 g/mol. The van der Waals surface area contributed by atoms with Gasteiger partial charge >= 0.3 is 23.9 Å². The van der Waals surface area contributed by atoms with Crippen LogP contribution in [0.1, 0.15) is 40.5 Å². The summed E-state index contributed by atoms with van der Waals surface area (Å²) in [6, 6.07) is 9.84. The minimum Gasteiger partial charge on any atom is -0.490 e. The molecule has 0 aliphatic carbocycles. The number of nitrogens with two attached hydrogens (primary N) is 1. The second kappa shape index (κ2) is 14.7. The molecule has 0 amide bonds. The molecule has 0 heterocycles. The maximum absolute atomic E-state index is 12.4. The van der Waals surface area contributed by atoms with Crippen molar-refractivity contribution in [3.63, 3.8) is 0 Å². The standard InChI is InChI=1S/C23H24N2O11/c1-15(26)35-18-6-3-2-5-17(18)23(29)33-14-32-22(28)16-7-8-19(31-11-4-12-34-25-30)20(13-16)36-21(27)9-10-24/h2-3,5-8,13H,4,9-12,14,24H2,1H3. The summed E-state index contributed by atoms with van der Waals surface area (Å²) in [5.74, 6) is -2.97. The Balaban J connectivity index is 2.02. The van der Waals surface area contributed by atoms with E-state index < -0.39 is 30.7 Å². The zero-order valence-corrected chi connectivity index (χ0v) is 19.3. The number of hydrogen-bond acceptors (Lipinski definition) is 13. The smallest absolute Gasteiger partial charge is 0.344 e. The van der Waals surface area contributed by atoms with Gasteiger partial charge in [0.2, 0.25) is 6.79 Å². The molecule has 2 N–H and O–H groups in total. The third-order valence-electron chi connectivity index (χ3n) is 4.18. The highest BCUT2D eigenvalue weighted by Crippen LogP contribution is 2.29. The van der Waals surface area contributed by atoms with Gasteiger partial charge in [0.05, 0.1) is 18.6 Å². The van der Waals surface area contributed by atoms with Gasteiger partial charge in [-0.15, -0.1) is 4.91 Å². The highest BCUT2D eigenvalue weighted by atomic mass is 16.7. The molecule has 0 atom stereocenters. The van der Waals surface area contributed by atoms with Gasteiger partial charge in [0.25, 0.3) is 0 Å². The van der Waals surface area contributed by atoms with Crippen molar-refractivity contribution in [2.24, 2.45) is 11.1 Å². The fourth-order valence-electron chi connectivity index (χ4n) is 2.65. The Bertz CT molecular complexity index is 1090. The molecule has 13 heteroatoms. The summed E-state index contributed by atoms with van der Waals surface area (Å²) in [5, 5.41) is 2.27. The molecule has 0 unspecified atom stereocenters. The van der Waals surface area contributed by atoms with Crippen LogP contribution in [0.2, 0.25) is 0 Å². The minimum atomic E-state index is -0.885. The van der Waals surface area contributed by atoms with E-state index in [9.17, 15) is 24.1 Å². The molecule has 0 fully saturated rings. The molecular formula is C23H24N2O11. The number of carbonyl (C=O) groups excluding carboxylic acids is 4. The number of rotatable bonds is 14. The Morgan fingerprint density at radius 2 is 1.64 bits per heavy atom. The van der Waals surface area contributed by atoms with Gasteiger partial charge in [-0.1, -0.05) is 12.1 Å². The molecule has 0 aromatic heterocycles. The summed E-state index contributed by atoms with van der Waals surface area (Å²) in [6.45, 7) is 0.628. The molecule has 0 aliphatic rings. The van der Waals surface area contributed by atoms with Crippen molar-refractivity contribution < 1.29 is 47.7 Å². The van der Waals surface area contributed by atoms with Crippen LogP contribution in [-0.4, -0.2) is 50.4 Å². The van der Waals surface area contributed by atoms with Crippen molar-refractivity contribution in [2.45, 2.75) is 19.8 Å². The van der Waals surface area contributed by atoms with E-state index in [4.69, 9.17) is 29.4 Å². The molecule has 36 heavy (non-hydrogen) atoms. The lowest BCUT2D eigenvalue weighted by molar-refractivity contribution is -0.134. The number of carbonyl (C=O) groups is 4. The van der Waals surface area contributed by atoms with Gasteiger partial charge in [-0.25, -0.2) is 9.59 Å². The van der Waals surface area contributed by atoms with Gasteiger partial charge in [-0.3, -0.25) is 9.59 Å². The second-order valence-corrected chi connectivity index (χ2v) is 6.86. The minimum absolute atomic E-state index is 0.00478. The Kier molecular flexibility index (Phi) is 11.3. The largest absolute Gasteiger partial charge is 0.490 e. The SMILES string of the molecule is CC(=O)Oc1ccccc1C(=O)OCOC(=O)c1ccc(OCCCON=O)c(OC(=O)CCN)c1. The van der Waals surface area contributed by atoms with Crippen molar-refractivity contribution in [2.75, 3.05) is 26.6 Å². The van der Waals surface area contributed by atoms with E-state index in [-0.39, 0.29) is 54.6 Å². The maximum atomic E-state index is 12.4. The van der Waals surface area contributed by atoms with E-state index in [0.717, 1.165) is 0 Å². The number of para-hydroxylation sites is 1. The molecule has 2 aromatic carbocycles. The van der Waals surface area contributed by atoms with E-state index >= 15 is 0 Å². The molecule has 0 aliphatic heterocycles. The number of nitrogens with zero attached hydrogens (tertiary/aromatic N) is 1. The van der Waals surface area contributed by atoms with Crippen LogP contribution in [0.3, 0.4) is 0 Å². The highest BCUT2D eigenvalue weighted by Gasteiger charge is 2.18. The molecule has 2 rings (SSSR count). The van der Waals surface area contributed by atoms with E-state index in [1.54, 1.807) is 12.1 Å². The van der Waals surface area contributed by atoms with Crippen molar-refractivity contribution >= 4 is 23.9 Å². The lowest BCUT2D eigenvalue weighted by Gasteiger charge is -2.13. The van der Waals surface area contributed by atoms with Crippen LogP contribution in [0.5, 0.6) is 17.2 Å². The third-order valence-corrected chi connectivity index (χ3v) is 4.18. The topological polar surface area (TPSA) is 179 Å². The average molecular weight is 504 g/mol. The van der Waals surface area contributed by atoms with Gasteiger partial charge in [0, 0.05) is 19.9 Å². The zero-order valence-electron chi connectivity index (χ0n) is 19.3. The summed E-state index contributed by atoms with van der Waals surface area (Å²) in [6.07, 6.45) is 0.245. The summed E-state index contributed by atoms with van der Waals surface area (Å²) < 4.78 is 25.6. The third kappa shape index (κ3) is 9.02. The van der Waals surface area contributed by atoms with Crippen molar-refractivity contribution in [3.8, 4) is 17.2 Å². The molecule has 0 radical (unpaired) electrons. The van der Waals surface area contributed by atoms with Gasteiger partial charge in [0.15, 0.2) is 16.8 Å². The van der Waals surface area contributed by atoms with Crippen LogP contribution in [0.25, 0.3) is 0 Å². The normalized spacial score (nSPS) is 10.1. The first-order valence-corrected chi connectivity index (χ1v) is 10.6. The quantitative estimate of drug-likeness (QED) is 0.0992. The maximum Gasteiger partial charge on any atom is 0.344 e. The highest BCUT2D eigenvalue weighted by molar-refractivity contribution is 5.94. The first kappa shape index (κ1) is 27.7. The van der Waals surface area contributed by atoms with E-state index in [0.29, 0.717) is 6.42 Å². The van der Waals surface area contributed by atoms with Crippen molar-refractivity contribution in [1.29, 1.82) is 0 Å². The lowest BCUT2D eigenvalue weighted by Crippen LogP contribution is -2.16. The Morgan fingerprint density at radius 1 is 0.889 bits per heavy atom. The average Bonchev–Trinajstić information content (AvgIpc) is 2.84. The van der Waals surface area contributed by atoms with Crippen LogP contribution in [0.4, 0.5) is 0 Å². The van der Waals surface area contributed by atoms with Crippen molar-refractivity contribution in [1.82, 2.24) is 0 Å². The Hall–Kier alpha value is -4.52. The van der Waals surface area contributed by atoms with Gasteiger partial charge in [-0.05, 0) is 30.3 Å². The zero-order chi connectivity index (χ0) is 26.3. The Morgan fingerprint density at radius 3 is 2.36 bits per heavy atom. The number of esters is 4. The molecule has 0 spiro atoms. The molecule has 13 nitrogen and oxygen atoms in total. The van der Waals surface area contributed by atoms with E-state index in [1.165, 1.54) is 37.3 Å². The van der Waals surface area contributed by atoms with Gasteiger partial charge in [0.1, 0.15) is 17.9 Å². The first-order valence-electron chi connectivity index (χ1n) is 10.6. The number of benzene rings is 2. The fraction of sp³-hybridized carbons (Fsp3) is 0.304. The lowest BCUT2D eigenvalue weighted by atomic mass is 10.2. The molecular weight excluding hydrogens is 480 g/mol. The predicted octanol–water partition coefficient (Wildman–Crippen LogP) is 2.30. The first-order chi connectivity index (χ1) is 17.3. The predicted molar refractivity (Wildman–Crippen MR) is 121 cm³/mol. The summed E-state index contributed by atoms with van der Waals surface area (Å²) in [7, 11) is 0. The molecule has 2 aromatic rings. The Labute approximate surface area is 205 Å². The summed E-state index contributed by atoms with van der Waals surface area (Å²) in [5.41, 5.74) is 5.30. The van der Waals surface area contributed by atoms with E-state index in [2.05, 4.69) is 10.2 Å². The van der Waals surface area contributed by atoms with Crippen LogP contribution in [0.15, 0.2) is 47.8 Å². The second-order valence-electron chi connectivity index (χ2n) is 6.86.